The quantitative estimate of drug-likeness (QED) is 0.352. The number of imide groups is 1. The Bertz CT molecular complexity index is 1140. The van der Waals surface area contributed by atoms with Crippen LogP contribution in [0.3, 0.4) is 0 Å². The molecule has 8 nitrogen and oxygen atoms in total. The van der Waals surface area contributed by atoms with E-state index in [-0.39, 0.29) is 18.0 Å². The second kappa shape index (κ2) is 11.1. The lowest BCUT2D eigenvalue weighted by Gasteiger charge is -2.22. The molecule has 1 atom stereocenters. The summed E-state index contributed by atoms with van der Waals surface area (Å²) in [5, 5.41) is 2.37. The van der Waals surface area contributed by atoms with Gasteiger partial charge < -0.3 is 9.47 Å². The molecule has 190 valence electrons. The summed E-state index contributed by atoms with van der Waals surface area (Å²) < 4.78 is 14.2. The van der Waals surface area contributed by atoms with Gasteiger partial charge in [-0.05, 0) is 37.3 Å². The van der Waals surface area contributed by atoms with Gasteiger partial charge in [0.15, 0.2) is 0 Å². The second-order valence-corrected chi connectivity index (χ2v) is 9.93. The van der Waals surface area contributed by atoms with Crippen molar-refractivity contribution in [2.24, 2.45) is 7.05 Å². The first-order valence-corrected chi connectivity index (χ1v) is 12.9. The molecule has 1 fully saturated rings. The smallest absolute Gasteiger partial charge is 0.329 e. The molecule has 1 unspecified atom stereocenters. The molecule has 1 N–H and O–H groups in total. The highest BCUT2D eigenvalue weighted by molar-refractivity contribution is 6.00. The zero-order valence-electron chi connectivity index (χ0n) is 20.9. The summed E-state index contributed by atoms with van der Waals surface area (Å²) in [7, 11) is 1.76. The molecule has 2 aromatic rings. The molecule has 2 aliphatic heterocycles. The SMILES string of the molecule is Cn1c(=O)n(C2CCC(=O)NC2=O)c2cccc(CCCCCCCCCCC3(C)OC=CO3)c21. The van der Waals surface area contributed by atoms with Gasteiger partial charge in [0.25, 0.3) is 0 Å². The Hall–Kier alpha value is -3.03. The number of carbonyl (C=O) groups is 2. The first-order chi connectivity index (χ1) is 16.9. The number of para-hydroxylation sites is 1. The van der Waals surface area contributed by atoms with E-state index in [9.17, 15) is 14.4 Å². The third-order valence-corrected chi connectivity index (χ3v) is 7.23. The van der Waals surface area contributed by atoms with E-state index in [1.165, 1.54) is 32.1 Å². The number of fused-ring (bicyclic) bond motifs is 1. The summed E-state index contributed by atoms with van der Waals surface area (Å²) >= 11 is 0. The van der Waals surface area contributed by atoms with Gasteiger partial charge >= 0.3 is 5.69 Å². The number of hydrogen-bond donors (Lipinski definition) is 1. The first kappa shape index (κ1) is 25.1. The maximum absolute atomic E-state index is 13.0. The number of ether oxygens (including phenoxy) is 2. The number of carbonyl (C=O) groups excluding carboxylic acids is 2. The molecule has 1 aromatic heterocycles. The summed E-state index contributed by atoms with van der Waals surface area (Å²) in [6, 6.07) is 5.28. The number of nitrogens with zero attached hydrogens (tertiary/aromatic N) is 2. The van der Waals surface area contributed by atoms with Gasteiger partial charge in [-0.25, -0.2) is 4.79 Å². The summed E-state index contributed by atoms with van der Waals surface area (Å²) in [5.74, 6) is -1.14. The number of benzene rings is 1. The number of rotatable bonds is 12. The number of nitrogens with one attached hydrogen (secondary N) is 1. The zero-order valence-corrected chi connectivity index (χ0v) is 20.9. The Kier molecular flexibility index (Phi) is 7.98. The van der Waals surface area contributed by atoms with Crippen molar-refractivity contribution >= 4 is 22.8 Å². The lowest BCUT2D eigenvalue weighted by Crippen LogP contribution is -2.44. The van der Waals surface area contributed by atoms with Crippen LogP contribution < -0.4 is 11.0 Å². The summed E-state index contributed by atoms with van der Waals surface area (Å²) in [5.41, 5.74) is 2.58. The van der Waals surface area contributed by atoms with Crippen molar-refractivity contribution in [2.45, 2.75) is 95.8 Å². The number of imidazole rings is 1. The van der Waals surface area contributed by atoms with Crippen LogP contribution in [0.25, 0.3) is 11.0 Å². The fourth-order valence-corrected chi connectivity index (χ4v) is 5.26. The standard InChI is InChI=1S/C27H37N3O5/c1-27(34-18-19-35-27)17-10-8-6-4-3-5-7-9-12-20-13-11-14-21-24(20)29(2)26(33)30(21)22-15-16-23(31)28-25(22)32/h11,13-14,18-19,22H,3-10,12,15-17H2,1-2H3,(H,28,31,32). The van der Waals surface area contributed by atoms with Crippen LogP contribution in [-0.4, -0.2) is 26.7 Å². The zero-order chi connectivity index (χ0) is 24.8. The van der Waals surface area contributed by atoms with Crippen LogP contribution in [0, 0.1) is 0 Å². The minimum atomic E-state index is -0.642. The Morgan fingerprint density at radius 2 is 1.63 bits per heavy atom. The average molecular weight is 484 g/mol. The highest BCUT2D eigenvalue weighted by atomic mass is 16.7. The lowest BCUT2D eigenvalue weighted by molar-refractivity contribution is -0.135. The largest absolute Gasteiger partial charge is 0.457 e. The van der Waals surface area contributed by atoms with Gasteiger partial charge in [-0.1, -0.05) is 50.7 Å². The van der Waals surface area contributed by atoms with Crippen LogP contribution in [-0.2, 0) is 32.5 Å². The highest BCUT2D eigenvalue weighted by Crippen LogP contribution is 2.27. The van der Waals surface area contributed by atoms with Crippen LogP contribution in [0.1, 0.15) is 89.2 Å². The fraction of sp³-hybridized carbons (Fsp3) is 0.593. The van der Waals surface area contributed by atoms with Crippen LogP contribution in [0.4, 0.5) is 0 Å². The second-order valence-electron chi connectivity index (χ2n) is 9.93. The molecule has 0 radical (unpaired) electrons. The predicted octanol–water partition coefficient (Wildman–Crippen LogP) is 4.61. The van der Waals surface area contributed by atoms with Crippen molar-refractivity contribution in [1.82, 2.24) is 14.5 Å². The maximum atomic E-state index is 13.0. The lowest BCUT2D eigenvalue weighted by atomic mass is 10.0. The van der Waals surface area contributed by atoms with Crippen molar-refractivity contribution < 1.29 is 19.1 Å². The number of unbranched alkanes of at least 4 members (excludes halogenated alkanes) is 7. The molecule has 0 aliphatic carbocycles. The number of amides is 2. The fourth-order valence-electron chi connectivity index (χ4n) is 5.26. The van der Waals surface area contributed by atoms with Crippen LogP contribution in [0.5, 0.6) is 0 Å². The first-order valence-electron chi connectivity index (χ1n) is 12.9. The Labute approximate surface area is 206 Å². The van der Waals surface area contributed by atoms with Crippen molar-refractivity contribution in [3.05, 3.63) is 46.8 Å². The topological polar surface area (TPSA) is 91.6 Å². The van der Waals surface area contributed by atoms with E-state index >= 15 is 0 Å². The minimum Gasteiger partial charge on any atom is -0.457 e. The molecule has 2 amide bonds. The third-order valence-electron chi connectivity index (χ3n) is 7.23. The van der Waals surface area contributed by atoms with Gasteiger partial charge in [0.1, 0.15) is 18.6 Å². The Morgan fingerprint density at radius 3 is 2.31 bits per heavy atom. The molecule has 2 aliphatic rings. The number of aromatic nitrogens is 2. The molecule has 1 saturated heterocycles. The minimum absolute atomic E-state index is 0.210. The highest BCUT2D eigenvalue weighted by Gasteiger charge is 2.31. The monoisotopic (exact) mass is 483 g/mol. The number of hydrogen-bond acceptors (Lipinski definition) is 5. The van der Waals surface area contributed by atoms with E-state index in [2.05, 4.69) is 11.4 Å². The van der Waals surface area contributed by atoms with Gasteiger partial charge in [-0.15, -0.1) is 0 Å². The Morgan fingerprint density at radius 1 is 0.971 bits per heavy atom. The van der Waals surface area contributed by atoms with Gasteiger partial charge in [0.05, 0.1) is 11.0 Å². The molecule has 0 bridgehead atoms. The predicted molar refractivity (Wildman–Crippen MR) is 134 cm³/mol. The van der Waals surface area contributed by atoms with Crippen LogP contribution in [0.2, 0.25) is 0 Å². The molecular formula is C27H37N3O5. The van der Waals surface area contributed by atoms with E-state index in [1.54, 1.807) is 28.7 Å². The van der Waals surface area contributed by atoms with E-state index < -0.39 is 17.7 Å². The molecule has 35 heavy (non-hydrogen) atoms. The summed E-state index contributed by atoms with van der Waals surface area (Å²) in [6.45, 7) is 1.98. The normalized spacial score (nSPS) is 19.1. The summed E-state index contributed by atoms with van der Waals surface area (Å²) in [4.78, 5) is 37.0. The van der Waals surface area contributed by atoms with Crippen molar-refractivity contribution in [1.29, 1.82) is 0 Å². The van der Waals surface area contributed by atoms with E-state index in [4.69, 9.17) is 9.47 Å². The molecule has 0 spiro atoms. The molecule has 1 aromatic carbocycles. The van der Waals surface area contributed by atoms with Gasteiger partial charge in [0, 0.05) is 26.8 Å². The third kappa shape index (κ3) is 5.80. The van der Waals surface area contributed by atoms with E-state index in [0.717, 1.165) is 48.7 Å². The molecule has 8 heteroatoms. The molecule has 0 saturated carbocycles. The summed E-state index contributed by atoms with van der Waals surface area (Å²) in [6.07, 6.45) is 15.1. The van der Waals surface area contributed by atoms with Crippen LogP contribution in [0.15, 0.2) is 35.5 Å². The maximum Gasteiger partial charge on any atom is 0.329 e. The van der Waals surface area contributed by atoms with E-state index in [1.807, 2.05) is 19.1 Å². The van der Waals surface area contributed by atoms with Gasteiger partial charge in [0.2, 0.25) is 17.6 Å². The average Bonchev–Trinajstić information content (AvgIpc) is 3.37. The molecular weight excluding hydrogens is 446 g/mol. The Balaban J connectivity index is 1.23. The van der Waals surface area contributed by atoms with E-state index in [0.29, 0.717) is 6.42 Å². The molecule has 4 rings (SSSR count). The van der Waals surface area contributed by atoms with Crippen molar-refractivity contribution in [3.63, 3.8) is 0 Å². The number of piperidine rings is 1. The van der Waals surface area contributed by atoms with Gasteiger partial charge in [-0.3, -0.25) is 24.0 Å². The van der Waals surface area contributed by atoms with Crippen LogP contribution >= 0.6 is 0 Å². The number of aryl methyl sites for hydroxylation is 2. The van der Waals surface area contributed by atoms with Gasteiger partial charge in [-0.2, -0.15) is 0 Å². The van der Waals surface area contributed by atoms with Crippen molar-refractivity contribution in [3.8, 4) is 0 Å². The van der Waals surface area contributed by atoms with Crippen molar-refractivity contribution in [2.75, 3.05) is 0 Å². The molecule has 3 heterocycles.